The number of aryl methyl sites for hydroxylation is 1. The smallest absolute Gasteiger partial charge is 0.261 e. The van der Waals surface area contributed by atoms with Crippen LogP contribution in [0.15, 0.2) is 30.5 Å². The summed E-state index contributed by atoms with van der Waals surface area (Å²) >= 11 is 3.42. The average molecular weight is 401 g/mol. The Morgan fingerprint density at radius 1 is 1.44 bits per heavy atom. The van der Waals surface area contributed by atoms with Crippen LogP contribution in [0.5, 0.6) is 0 Å². The third kappa shape index (κ3) is 3.89. The molecule has 1 aliphatic rings. The van der Waals surface area contributed by atoms with Crippen molar-refractivity contribution in [1.82, 2.24) is 19.9 Å². The number of thioether (sulfide) groups is 1. The number of nitrogens with zero attached hydrogens (tertiary/aromatic N) is 3. The standard InChI is InChI=1S/C20H24N4OS2/c1-13-6-7-16-14(11-13)12-17(27-16)20(25)21-15(8-10-26-2)19-23-22-18-5-3-4-9-24(18)19/h3-5,9,12-13,15H,6-8,10-11H2,1-2H3,(H,21,25). The maximum atomic E-state index is 13.0. The number of amides is 1. The molecule has 7 heteroatoms. The van der Waals surface area contributed by atoms with Crippen molar-refractivity contribution in [2.24, 2.45) is 5.92 Å². The van der Waals surface area contributed by atoms with Crippen LogP contribution in [0.4, 0.5) is 0 Å². The Bertz CT molecular complexity index is 949. The lowest BCUT2D eigenvalue weighted by atomic mass is 9.90. The number of rotatable bonds is 6. The first-order valence-corrected chi connectivity index (χ1v) is 11.6. The molecular weight excluding hydrogens is 376 g/mol. The first kappa shape index (κ1) is 18.5. The number of nitrogens with one attached hydrogen (secondary N) is 1. The maximum absolute atomic E-state index is 13.0. The Hall–Kier alpha value is -1.86. The Morgan fingerprint density at radius 2 is 2.33 bits per heavy atom. The van der Waals surface area contributed by atoms with Crippen molar-refractivity contribution in [2.45, 2.75) is 38.6 Å². The molecule has 0 aliphatic heterocycles. The normalized spacial score (nSPS) is 17.6. The van der Waals surface area contributed by atoms with E-state index in [0.717, 1.165) is 41.4 Å². The lowest BCUT2D eigenvalue weighted by Crippen LogP contribution is -2.30. The molecule has 2 atom stereocenters. The van der Waals surface area contributed by atoms with Crippen LogP contribution in [-0.4, -0.2) is 32.5 Å². The SMILES string of the molecule is CSCCC(NC(=O)c1cc2c(s1)CCC(C)C2)c1nnc2ccccn12. The molecule has 5 nitrogen and oxygen atoms in total. The van der Waals surface area contributed by atoms with Gasteiger partial charge in [-0.1, -0.05) is 13.0 Å². The van der Waals surface area contributed by atoms with Gasteiger partial charge in [0.1, 0.15) is 0 Å². The van der Waals surface area contributed by atoms with Crippen LogP contribution < -0.4 is 5.32 Å². The molecule has 0 bridgehead atoms. The van der Waals surface area contributed by atoms with Gasteiger partial charge in [-0.15, -0.1) is 21.5 Å². The van der Waals surface area contributed by atoms with E-state index in [1.807, 2.05) is 28.8 Å². The topological polar surface area (TPSA) is 59.3 Å². The van der Waals surface area contributed by atoms with E-state index in [4.69, 9.17) is 0 Å². The molecule has 0 saturated carbocycles. The summed E-state index contributed by atoms with van der Waals surface area (Å²) in [6.45, 7) is 2.29. The van der Waals surface area contributed by atoms with Gasteiger partial charge in [0.15, 0.2) is 11.5 Å². The molecule has 0 radical (unpaired) electrons. The Morgan fingerprint density at radius 3 is 3.19 bits per heavy atom. The number of pyridine rings is 1. The third-order valence-corrected chi connectivity index (χ3v) is 7.00. The molecule has 1 amide bonds. The number of aromatic nitrogens is 3. The molecule has 27 heavy (non-hydrogen) atoms. The predicted molar refractivity (Wildman–Crippen MR) is 112 cm³/mol. The summed E-state index contributed by atoms with van der Waals surface area (Å²) in [4.78, 5) is 15.2. The van der Waals surface area contributed by atoms with Crippen LogP contribution in [0, 0.1) is 5.92 Å². The van der Waals surface area contributed by atoms with E-state index < -0.39 is 0 Å². The van der Waals surface area contributed by atoms with Crippen LogP contribution in [0.2, 0.25) is 0 Å². The van der Waals surface area contributed by atoms with Crippen molar-refractivity contribution in [3.05, 3.63) is 51.6 Å². The molecule has 3 heterocycles. The zero-order valence-corrected chi connectivity index (χ0v) is 17.3. The average Bonchev–Trinajstić information content (AvgIpc) is 3.28. The number of hydrogen-bond acceptors (Lipinski definition) is 5. The van der Waals surface area contributed by atoms with Gasteiger partial charge in [0, 0.05) is 11.1 Å². The molecule has 1 N–H and O–H groups in total. The fourth-order valence-electron chi connectivity index (χ4n) is 3.65. The molecule has 0 saturated heterocycles. The molecule has 4 rings (SSSR count). The van der Waals surface area contributed by atoms with Crippen LogP contribution in [0.25, 0.3) is 5.65 Å². The van der Waals surface area contributed by atoms with Gasteiger partial charge in [-0.25, -0.2) is 0 Å². The molecule has 142 valence electrons. The van der Waals surface area contributed by atoms with Gasteiger partial charge >= 0.3 is 0 Å². The largest absolute Gasteiger partial charge is 0.341 e. The van der Waals surface area contributed by atoms with Gasteiger partial charge in [-0.3, -0.25) is 9.20 Å². The minimum absolute atomic E-state index is 0.000775. The number of carbonyl (C=O) groups excluding carboxylic acids is 1. The minimum atomic E-state index is -0.152. The summed E-state index contributed by atoms with van der Waals surface area (Å²) in [5, 5.41) is 11.8. The van der Waals surface area contributed by atoms with Crippen LogP contribution >= 0.6 is 23.1 Å². The summed E-state index contributed by atoms with van der Waals surface area (Å²) in [5.74, 6) is 2.45. The van der Waals surface area contributed by atoms with E-state index in [0.29, 0.717) is 5.92 Å². The van der Waals surface area contributed by atoms with Gasteiger partial charge in [0.25, 0.3) is 5.91 Å². The zero-order valence-electron chi connectivity index (χ0n) is 15.6. The molecule has 3 aromatic heterocycles. The van der Waals surface area contributed by atoms with E-state index in [1.165, 1.54) is 16.9 Å². The third-order valence-electron chi connectivity index (χ3n) is 5.12. The Labute approximate surface area is 167 Å². The van der Waals surface area contributed by atoms with Crippen LogP contribution in [0.1, 0.15) is 51.7 Å². The van der Waals surface area contributed by atoms with Crippen molar-refractivity contribution >= 4 is 34.7 Å². The number of hydrogen-bond donors (Lipinski definition) is 1. The van der Waals surface area contributed by atoms with Crippen molar-refractivity contribution in [1.29, 1.82) is 0 Å². The number of thiophene rings is 1. The highest BCUT2D eigenvalue weighted by Gasteiger charge is 2.24. The van der Waals surface area contributed by atoms with E-state index in [9.17, 15) is 4.79 Å². The van der Waals surface area contributed by atoms with Gasteiger partial charge in [-0.2, -0.15) is 11.8 Å². The number of carbonyl (C=O) groups is 1. The first-order valence-electron chi connectivity index (χ1n) is 9.36. The highest BCUT2D eigenvalue weighted by molar-refractivity contribution is 7.98. The van der Waals surface area contributed by atoms with E-state index in [-0.39, 0.29) is 11.9 Å². The molecule has 0 fully saturated rings. The summed E-state index contributed by atoms with van der Waals surface area (Å²) in [6, 6.07) is 7.78. The molecule has 1 aliphatic carbocycles. The maximum Gasteiger partial charge on any atom is 0.261 e. The Balaban J connectivity index is 1.57. The van der Waals surface area contributed by atoms with E-state index >= 15 is 0 Å². The summed E-state index contributed by atoms with van der Waals surface area (Å²) < 4.78 is 1.96. The van der Waals surface area contributed by atoms with Crippen molar-refractivity contribution in [3.63, 3.8) is 0 Å². The fraction of sp³-hybridized carbons (Fsp3) is 0.450. The van der Waals surface area contributed by atoms with Crippen molar-refractivity contribution in [2.75, 3.05) is 12.0 Å². The summed E-state index contributed by atoms with van der Waals surface area (Å²) in [6.07, 6.45) is 8.26. The lowest BCUT2D eigenvalue weighted by molar-refractivity contribution is 0.0938. The van der Waals surface area contributed by atoms with Crippen LogP contribution in [0.3, 0.4) is 0 Å². The molecule has 0 aromatic carbocycles. The monoisotopic (exact) mass is 400 g/mol. The highest BCUT2D eigenvalue weighted by atomic mass is 32.2. The lowest BCUT2D eigenvalue weighted by Gasteiger charge is -2.16. The quantitative estimate of drug-likeness (QED) is 0.676. The second-order valence-electron chi connectivity index (χ2n) is 7.20. The van der Waals surface area contributed by atoms with Crippen LogP contribution in [-0.2, 0) is 12.8 Å². The van der Waals surface area contributed by atoms with Crippen molar-refractivity contribution < 1.29 is 4.79 Å². The number of fused-ring (bicyclic) bond motifs is 2. The van der Waals surface area contributed by atoms with E-state index in [1.54, 1.807) is 23.1 Å². The molecule has 2 unspecified atom stereocenters. The van der Waals surface area contributed by atoms with Gasteiger partial charge in [0.05, 0.1) is 10.9 Å². The zero-order chi connectivity index (χ0) is 18.8. The van der Waals surface area contributed by atoms with E-state index in [2.05, 4.69) is 34.8 Å². The second-order valence-corrected chi connectivity index (χ2v) is 9.32. The fourth-order valence-corrected chi connectivity index (χ4v) is 5.23. The predicted octanol–water partition coefficient (Wildman–Crippen LogP) is 4.14. The second kappa shape index (κ2) is 8.02. The molecule has 3 aromatic rings. The van der Waals surface area contributed by atoms with Gasteiger partial charge in [-0.05, 0) is 67.4 Å². The summed E-state index contributed by atoms with van der Waals surface area (Å²) in [5.41, 5.74) is 2.16. The molecular formula is C20H24N4OS2. The van der Waals surface area contributed by atoms with Crippen molar-refractivity contribution in [3.8, 4) is 0 Å². The highest BCUT2D eigenvalue weighted by Crippen LogP contribution is 2.32. The first-order chi connectivity index (χ1) is 13.2. The molecule has 0 spiro atoms. The Kier molecular flexibility index (Phi) is 5.50. The minimum Gasteiger partial charge on any atom is -0.341 e. The van der Waals surface area contributed by atoms with Gasteiger partial charge < -0.3 is 5.32 Å². The summed E-state index contributed by atoms with van der Waals surface area (Å²) in [7, 11) is 0. The van der Waals surface area contributed by atoms with Gasteiger partial charge in [0.2, 0.25) is 0 Å².